The summed E-state index contributed by atoms with van der Waals surface area (Å²) in [5, 5.41) is 15.7. The van der Waals surface area contributed by atoms with Gasteiger partial charge in [0, 0.05) is 0 Å². The molecule has 0 amide bonds. The first kappa shape index (κ1) is 15.7. The van der Waals surface area contributed by atoms with Crippen molar-refractivity contribution in [2.24, 2.45) is 0 Å². The third-order valence-corrected chi connectivity index (χ3v) is 5.21. The second-order valence-electron chi connectivity index (χ2n) is 4.04. The molecular weight excluding hydrogens is 341 g/mol. The van der Waals surface area contributed by atoms with Crippen molar-refractivity contribution in [2.75, 3.05) is 5.75 Å². The van der Waals surface area contributed by atoms with Crippen molar-refractivity contribution in [1.29, 1.82) is 0 Å². The minimum absolute atomic E-state index is 0.0346. The topological polar surface area (TPSA) is 102 Å². The lowest BCUT2D eigenvalue weighted by atomic mass is 10.4. The van der Waals surface area contributed by atoms with Crippen LogP contribution in [0.15, 0.2) is 29.3 Å². The van der Waals surface area contributed by atoms with E-state index in [4.69, 9.17) is 28.3 Å². The van der Waals surface area contributed by atoms with E-state index >= 15 is 0 Å². The lowest BCUT2D eigenvalue weighted by Gasteiger charge is -2.08. The number of sulfone groups is 1. The van der Waals surface area contributed by atoms with Gasteiger partial charge in [0.25, 0.3) is 0 Å². The normalized spacial score (nSPS) is 11.5. The Kier molecular flexibility index (Phi) is 4.50. The minimum Gasteiger partial charge on any atom is -0.476 e. The fourth-order valence-electron chi connectivity index (χ4n) is 1.60. The highest BCUT2D eigenvalue weighted by Crippen LogP contribution is 2.29. The molecule has 0 bridgehead atoms. The van der Waals surface area contributed by atoms with Crippen molar-refractivity contribution in [3.8, 4) is 0 Å². The maximum atomic E-state index is 12.2. The van der Waals surface area contributed by atoms with E-state index in [9.17, 15) is 13.2 Å². The van der Waals surface area contributed by atoms with Gasteiger partial charge < -0.3 is 5.11 Å². The summed E-state index contributed by atoms with van der Waals surface area (Å²) in [5.74, 6) is -1.57. The van der Waals surface area contributed by atoms with Gasteiger partial charge in [-0.15, -0.1) is 5.10 Å². The molecule has 0 unspecified atom stereocenters. The van der Waals surface area contributed by atoms with Crippen LogP contribution in [0.5, 0.6) is 0 Å². The maximum Gasteiger partial charge on any atom is 0.358 e. The summed E-state index contributed by atoms with van der Waals surface area (Å²) in [4.78, 5) is 10.5. The van der Waals surface area contributed by atoms with Gasteiger partial charge in [0.15, 0.2) is 15.5 Å². The molecule has 112 valence electrons. The number of aromatic carboxylic acids is 1. The molecule has 0 saturated carbocycles. The molecule has 0 atom stereocenters. The van der Waals surface area contributed by atoms with Gasteiger partial charge in [-0.3, -0.25) is 4.68 Å². The number of hydrogen-bond acceptors (Lipinski definition) is 5. The summed E-state index contributed by atoms with van der Waals surface area (Å²) >= 11 is 11.7. The first-order valence-corrected chi connectivity index (χ1v) is 8.02. The van der Waals surface area contributed by atoms with E-state index < -0.39 is 15.8 Å². The number of aromatic nitrogens is 3. The maximum absolute atomic E-state index is 12.2. The van der Waals surface area contributed by atoms with Gasteiger partial charge in [-0.2, -0.15) is 0 Å². The molecule has 0 spiro atoms. The molecule has 0 aliphatic rings. The Labute approximate surface area is 130 Å². The van der Waals surface area contributed by atoms with Gasteiger partial charge in [0.1, 0.15) is 4.90 Å². The molecule has 1 heterocycles. The SMILES string of the molecule is O=C(O)c1cn(CCS(=O)(=O)c2c(Cl)cccc2Cl)nn1. The summed E-state index contributed by atoms with van der Waals surface area (Å²) < 4.78 is 25.6. The second kappa shape index (κ2) is 6.00. The third-order valence-electron chi connectivity index (χ3n) is 2.58. The van der Waals surface area contributed by atoms with Crippen LogP contribution in [-0.4, -0.2) is 40.2 Å². The van der Waals surface area contributed by atoms with Gasteiger partial charge in [0.2, 0.25) is 0 Å². The van der Waals surface area contributed by atoms with Gasteiger partial charge in [-0.1, -0.05) is 34.5 Å². The Morgan fingerprint density at radius 3 is 2.43 bits per heavy atom. The highest BCUT2D eigenvalue weighted by atomic mass is 35.5. The van der Waals surface area contributed by atoms with Crippen molar-refractivity contribution in [3.05, 3.63) is 40.1 Å². The number of nitrogens with zero attached hydrogens (tertiary/aromatic N) is 3. The van der Waals surface area contributed by atoms with Crippen LogP contribution >= 0.6 is 23.2 Å². The molecule has 0 aliphatic carbocycles. The largest absolute Gasteiger partial charge is 0.476 e. The summed E-state index contributed by atoms with van der Waals surface area (Å²) in [6.07, 6.45) is 1.14. The predicted octanol–water partition coefficient (Wildman–Crippen LogP) is 1.76. The summed E-state index contributed by atoms with van der Waals surface area (Å²) in [5.41, 5.74) is -0.261. The van der Waals surface area contributed by atoms with E-state index in [0.717, 1.165) is 10.9 Å². The number of hydrogen-bond donors (Lipinski definition) is 1. The number of carboxylic acids is 1. The molecular formula is C11H9Cl2N3O4S. The van der Waals surface area contributed by atoms with Gasteiger partial charge in [-0.05, 0) is 12.1 Å². The molecule has 2 rings (SSSR count). The van der Waals surface area contributed by atoms with Crippen molar-refractivity contribution in [3.63, 3.8) is 0 Å². The van der Waals surface area contributed by atoms with Gasteiger partial charge in [0.05, 0.1) is 28.5 Å². The van der Waals surface area contributed by atoms with Gasteiger partial charge >= 0.3 is 5.97 Å². The standard InChI is InChI=1S/C11H9Cl2N3O4S/c12-7-2-1-3-8(13)10(7)21(19,20)5-4-16-6-9(11(17)18)14-15-16/h1-3,6H,4-5H2,(H,17,18). The molecule has 1 aromatic heterocycles. The highest BCUT2D eigenvalue weighted by Gasteiger charge is 2.22. The average molecular weight is 350 g/mol. The van der Waals surface area contributed by atoms with Gasteiger partial charge in [-0.25, -0.2) is 13.2 Å². The fourth-order valence-corrected chi connectivity index (χ4v) is 4.07. The van der Waals surface area contributed by atoms with Crippen LogP contribution in [0.4, 0.5) is 0 Å². The zero-order chi connectivity index (χ0) is 15.6. The molecule has 1 N–H and O–H groups in total. The molecule has 10 heteroatoms. The lowest BCUT2D eigenvalue weighted by molar-refractivity contribution is 0.0690. The lowest BCUT2D eigenvalue weighted by Crippen LogP contribution is -2.14. The predicted molar refractivity (Wildman–Crippen MR) is 75.5 cm³/mol. The molecule has 21 heavy (non-hydrogen) atoms. The Balaban J connectivity index is 2.20. The minimum atomic E-state index is -3.73. The number of aryl methyl sites for hydroxylation is 1. The van der Waals surface area contributed by atoms with Crippen molar-refractivity contribution in [1.82, 2.24) is 15.0 Å². The Bertz CT molecular complexity index is 768. The van der Waals surface area contributed by atoms with Crippen LogP contribution in [0.25, 0.3) is 0 Å². The van der Waals surface area contributed by atoms with Crippen LogP contribution in [0, 0.1) is 0 Å². The smallest absolute Gasteiger partial charge is 0.358 e. The fraction of sp³-hybridized carbons (Fsp3) is 0.182. The number of benzene rings is 1. The molecule has 7 nitrogen and oxygen atoms in total. The Morgan fingerprint density at radius 1 is 1.29 bits per heavy atom. The Morgan fingerprint density at radius 2 is 1.90 bits per heavy atom. The first-order valence-electron chi connectivity index (χ1n) is 5.61. The van der Waals surface area contributed by atoms with Crippen LogP contribution in [0.1, 0.15) is 10.5 Å². The first-order chi connectivity index (χ1) is 9.81. The van der Waals surface area contributed by atoms with Crippen molar-refractivity contribution >= 4 is 39.0 Å². The highest BCUT2D eigenvalue weighted by molar-refractivity contribution is 7.91. The average Bonchev–Trinajstić information content (AvgIpc) is 2.85. The molecule has 2 aromatic rings. The number of carboxylic acid groups (broad SMARTS) is 1. The third kappa shape index (κ3) is 3.52. The molecule has 0 radical (unpaired) electrons. The van der Waals surface area contributed by atoms with Crippen LogP contribution in [0.2, 0.25) is 10.0 Å². The summed E-state index contributed by atoms with van der Waals surface area (Å²) in [6.45, 7) is -0.0653. The van der Waals surface area contributed by atoms with Crippen molar-refractivity contribution < 1.29 is 18.3 Å². The zero-order valence-electron chi connectivity index (χ0n) is 10.4. The number of halogens is 2. The molecule has 0 saturated heterocycles. The molecule has 0 aliphatic heterocycles. The molecule has 1 aromatic carbocycles. The van der Waals surface area contributed by atoms with Crippen LogP contribution in [-0.2, 0) is 16.4 Å². The summed E-state index contributed by atoms with van der Waals surface area (Å²) in [7, 11) is -3.73. The molecule has 0 fully saturated rings. The van der Waals surface area contributed by atoms with Crippen LogP contribution in [0.3, 0.4) is 0 Å². The van der Waals surface area contributed by atoms with E-state index in [2.05, 4.69) is 10.3 Å². The van der Waals surface area contributed by atoms with E-state index in [1.165, 1.54) is 12.1 Å². The Hall–Kier alpha value is -1.64. The number of rotatable bonds is 5. The monoisotopic (exact) mass is 349 g/mol. The van der Waals surface area contributed by atoms with E-state index in [0.29, 0.717) is 0 Å². The second-order valence-corrected chi connectivity index (χ2v) is 6.90. The van der Waals surface area contributed by atoms with Crippen molar-refractivity contribution in [2.45, 2.75) is 11.4 Å². The summed E-state index contributed by atoms with van der Waals surface area (Å²) in [6, 6.07) is 4.40. The van der Waals surface area contributed by atoms with Crippen LogP contribution < -0.4 is 0 Å². The van der Waals surface area contributed by atoms with E-state index in [1.54, 1.807) is 6.07 Å². The quantitative estimate of drug-likeness (QED) is 0.882. The van der Waals surface area contributed by atoms with E-state index in [1.807, 2.05) is 0 Å². The number of carbonyl (C=O) groups is 1. The van der Waals surface area contributed by atoms with E-state index in [-0.39, 0.29) is 32.9 Å². The zero-order valence-corrected chi connectivity index (χ0v) is 12.7.